The van der Waals surface area contributed by atoms with E-state index in [4.69, 9.17) is 0 Å². The summed E-state index contributed by atoms with van der Waals surface area (Å²) in [6.07, 6.45) is 4.43. The Bertz CT molecular complexity index is 507. The molecule has 3 rings (SSSR count). The van der Waals surface area contributed by atoms with Crippen LogP contribution in [-0.4, -0.2) is 28.6 Å². The van der Waals surface area contributed by atoms with Crippen LogP contribution in [0.5, 0.6) is 0 Å². The Morgan fingerprint density at radius 1 is 1.16 bits per heavy atom. The van der Waals surface area contributed by atoms with Crippen LogP contribution in [0.15, 0.2) is 41.6 Å². The lowest BCUT2D eigenvalue weighted by Gasteiger charge is -2.37. The average Bonchev–Trinajstić information content (AvgIpc) is 2.48. The highest BCUT2D eigenvalue weighted by Gasteiger charge is 2.31. The third kappa shape index (κ3) is 2.30. The van der Waals surface area contributed by atoms with Gasteiger partial charge >= 0.3 is 0 Å². The molecule has 0 spiro atoms. The van der Waals surface area contributed by atoms with Crippen molar-refractivity contribution in [3.63, 3.8) is 0 Å². The maximum Gasteiger partial charge on any atom is 0.258 e. The van der Waals surface area contributed by atoms with Crippen molar-refractivity contribution in [3.05, 3.63) is 47.2 Å². The average molecular weight is 257 g/mol. The maximum absolute atomic E-state index is 12.6. The van der Waals surface area contributed by atoms with Gasteiger partial charge < -0.3 is 10.0 Å². The number of carbonyl (C=O) groups is 1. The minimum atomic E-state index is -0.338. The monoisotopic (exact) mass is 257 g/mol. The summed E-state index contributed by atoms with van der Waals surface area (Å²) in [5.41, 5.74) is 2.91. The van der Waals surface area contributed by atoms with E-state index in [-0.39, 0.29) is 12.0 Å². The van der Waals surface area contributed by atoms with Gasteiger partial charge in [0.05, 0.1) is 6.10 Å². The Labute approximate surface area is 113 Å². The molecule has 0 unspecified atom stereocenters. The van der Waals surface area contributed by atoms with Crippen LogP contribution in [0.3, 0.4) is 0 Å². The van der Waals surface area contributed by atoms with E-state index in [2.05, 4.69) is 0 Å². The molecule has 100 valence electrons. The van der Waals surface area contributed by atoms with Crippen molar-refractivity contribution in [1.82, 2.24) is 4.90 Å². The first-order valence-corrected chi connectivity index (χ1v) is 7.04. The van der Waals surface area contributed by atoms with E-state index in [1.807, 2.05) is 35.2 Å². The predicted octanol–water partition coefficient (Wildman–Crippen LogP) is 2.72. The van der Waals surface area contributed by atoms with Crippen LogP contribution in [0.2, 0.25) is 0 Å². The first-order chi connectivity index (χ1) is 9.27. The van der Waals surface area contributed by atoms with Crippen molar-refractivity contribution in [1.29, 1.82) is 0 Å². The van der Waals surface area contributed by atoms with Crippen LogP contribution in [0.4, 0.5) is 0 Å². The fraction of sp³-hybridized carbons (Fsp3) is 0.438. The minimum absolute atomic E-state index is 0.0712. The normalized spacial score (nSPS) is 23.2. The Morgan fingerprint density at radius 2 is 1.89 bits per heavy atom. The summed E-state index contributed by atoms with van der Waals surface area (Å²) in [5.74, 6) is 0.0712. The first-order valence-electron chi connectivity index (χ1n) is 7.04. The molecule has 1 aliphatic carbocycles. The van der Waals surface area contributed by atoms with Crippen molar-refractivity contribution < 1.29 is 9.90 Å². The van der Waals surface area contributed by atoms with Crippen molar-refractivity contribution in [3.8, 4) is 0 Å². The molecule has 0 fully saturated rings. The number of amides is 1. The van der Waals surface area contributed by atoms with E-state index in [9.17, 15) is 9.90 Å². The van der Waals surface area contributed by atoms with E-state index in [1.54, 1.807) is 0 Å². The van der Waals surface area contributed by atoms with Gasteiger partial charge in [-0.25, -0.2) is 0 Å². The van der Waals surface area contributed by atoms with Crippen LogP contribution in [0.25, 0.3) is 0 Å². The van der Waals surface area contributed by atoms with E-state index in [0.29, 0.717) is 13.0 Å². The molecule has 0 radical (unpaired) electrons. The van der Waals surface area contributed by atoms with Crippen LogP contribution in [-0.2, 0) is 0 Å². The van der Waals surface area contributed by atoms with Crippen LogP contribution in [0, 0.1) is 0 Å². The summed E-state index contributed by atoms with van der Waals surface area (Å²) in [7, 11) is 0. The molecule has 1 heterocycles. The third-order valence-corrected chi connectivity index (χ3v) is 4.10. The smallest absolute Gasteiger partial charge is 0.258 e. The van der Waals surface area contributed by atoms with E-state index < -0.39 is 0 Å². The van der Waals surface area contributed by atoms with Crippen molar-refractivity contribution in [2.24, 2.45) is 0 Å². The summed E-state index contributed by atoms with van der Waals surface area (Å²) in [6, 6.07) is 9.42. The number of aliphatic hydroxyl groups excluding tert-OH is 1. The third-order valence-electron chi connectivity index (χ3n) is 4.10. The standard InChI is InChI=1S/C16H19NO2/c18-15-10-11-17(14-9-5-4-8-13(14)15)16(19)12-6-2-1-3-7-12/h1-3,6-7,15,18H,4-5,8-11H2/t15-/m0/s1. The fourth-order valence-corrected chi connectivity index (χ4v) is 3.10. The molecule has 1 amide bonds. The topological polar surface area (TPSA) is 40.5 Å². The lowest BCUT2D eigenvalue weighted by Crippen LogP contribution is -2.40. The molecule has 0 bridgehead atoms. The molecule has 0 saturated carbocycles. The van der Waals surface area contributed by atoms with Crippen LogP contribution < -0.4 is 0 Å². The molecule has 1 aromatic rings. The van der Waals surface area contributed by atoms with Crippen molar-refractivity contribution in [2.75, 3.05) is 6.54 Å². The number of carbonyl (C=O) groups excluding carboxylic acids is 1. The zero-order chi connectivity index (χ0) is 13.2. The summed E-state index contributed by atoms with van der Waals surface area (Å²) in [6.45, 7) is 0.633. The fourth-order valence-electron chi connectivity index (χ4n) is 3.10. The quantitative estimate of drug-likeness (QED) is 0.840. The molecule has 0 saturated heterocycles. The predicted molar refractivity (Wildman–Crippen MR) is 73.6 cm³/mol. The molecule has 19 heavy (non-hydrogen) atoms. The molecule has 1 N–H and O–H groups in total. The number of rotatable bonds is 1. The highest BCUT2D eigenvalue weighted by molar-refractivity contribution is 5.95. The van der Waals surface area contributed by atoms with Crippen molar-refractivity contribution in [2.45, 2.75) is 38.2 Å². The lowest BCUT2D eigenvalue weighted by molar-refractivity contribution is 0.0728. The molecule has 3 nitrogen and oxygen atoms in total. The van der Waals surface area contributed by atoms with Gasteiger partial charge in [-0.05, 0) is 49.8 Å². The van der Waals surface area contributed by atoms with Gasteiger partial charge in [-0.3, -0.25) is 4.79 Å². The van der Waals surface area contributed by atoms with Crippen molar-refractivity contribution >= 4 is 5.91 Å². The van der Waals surface area contributed by atoms with Gasteiger partial charge in [0, 0.05) is 17.8 Å². The second-order valence-electron chi connectivity index (χ2n) is 5.31. The highest BCUT2D eigenvalue weighted by Crippen LogP contribution is 2.34. The van der Waals surface area contributed by atoms with Gasteiger partial charge in [0.2, 0.25) is 0 Å². The minimum Gasteiger partial charge on any atom is -0.389 e. The lowest BCUT2D eigenvalue weighted by atomic mass is 9.87. The summed E-state index contributed by atoms with van der Waals surface area (Å²) < 4.78 is 0. The first kappa shape index (κ1) is 12.4. The highest BCUT2D eigenvalue weighted by atomic mass is 16.3. The molecular weight excluding hydrogens is 238 g/mol. The number of aliphatic hydroxyl groups is 1. The number of hydrogen-bond acceptors (Lipinski definition) is 2. The van der Waals surface area contributed by atoms with Crippen LogP contribution >= 0.6 is 0 Å². The largest absolute Gasteiger partial charge is 0.389 e. The van der Waals surface area contributed by atoms with Gasteiger partial charge in [0.25, 0.3) is 5.91 Å². The van der Waals surface area contributed by atoms with Crippen LogP contribution in [0.1, 0.15) is 42.5 Å². The van der Waals surface area contributed by atoms with Gasteiger partial charge in [0.15, 0.2) is 0 Å². The van der Waals surface area contributed by atoms with E-state index >= 15 is 0 Å². The Kier molecular flexibility index (Phi) is 3.38. The molecule has 3 heteroatoms. The number of benzene rings is 1. The summed E-state index contributed by atoms with van der Waals surface area (Å²) in [5, 5.41) is 10.1. The maximum atomic E-state index is 12.6. The molecule has 1 aromatic carbocycles. The molecule has 1 atom stereocenters. The van der Waals surface area contributed by atoms with E-state index in [0.717, 1.165) is 42.5 Å². The van der Waals surface area contributed by atoms with E-state index in [1.165, 1.54) is 0 Å². The summed E-state index contributed by atoms with van der Waals surface area (Å²) >= 11 is 0. The van der Waals surface area contributed by atoms with Gasteiger partial charge in [-0.2, -0.15) is 0 Å². The second kappa shape index (κ2) is 5.17. The Hall–Kier alpha value is -1.61. The SMILES string of the molecule is O=C(c1ccccc1)N1CC[C@H](O)C2=C1CCCC2. The van der Waals surface area contributed by atoms with Gasteiger partial charge in [-0.15, -0.1) is 0 Å². The number of allylic oxidation sites excluding steroid dienone is 1. The number of hydrogen-bond donors (Lipinski definition) is 1. The molecule has 2 aliphatic rings. The molecule has 0 aromatic heterocycles. The van der Waals surface area contributed by atoms with Gasteiger partial charge in [-0.1, -0.05) is 18.2 Å². The zero-order valence-electron chi connectivity index (χ0n) is 11.0. The Balaban J connectivity index is 1.92. The number of nitrogens with zero attached hydrogens (tertiary/aromatic N) is 1. The summed E-state index contributed by atoms with van der Waals surface area (Å²) in [4.78, 5) is 14.5. The Morgan fingerprint density at radius 3 is 2.68 bits per heavy atom. The molecular formula is C16H19NO2. The second-order valence-corrected chi connectivity index (χ2v) is 5.31. The van der Waals surface area contributed by atoms with Gasteiger partial charge in [0.1, 0.15) is 0 Å². The zero-order valence-corrected chi connectivity index (χ0v) is 11.0. The molecule has 1 aliphatic heterocycles.